The van der Waals surface area contributed by atoms with Crippen LogP contribution in [0.15, 0.2) is 0 Å². The van der Waals surface area contributed by atoms with Gasteiger partial charge in [-0.2, -0.15) is 0 Å². The molecule has 0 N–H and O–H groups in total. The summed E-state index contributed by atoms with van der Waals surface area (Å²) in [6, 6.07) is 0. The van der Waals surface area contributed by atoms with Gasteiger partial charge in [-0.3, -0.25) is 9.59 Å². The van der Waals surface area contributed by atoms with Crippen LogP contribution in [0.25, 0.3) is 0 Å². The van der Waals surface area contributed by atoms with Gasteiger partial charge in [-0.05, 0) is 36.5 Å². The second kappa shape index (κ2) is 6.37. The minimum atomic E-state index is 0.125. The van der Waals surface area contributed by atoms with Crippen LogP contribution in [0.2, 0.25) is 0 Å². The molecule has 2 aliphatic rings. The summed E-state index contributed by atoms with van der Waals surface area (Å²) in [6.07, 6.45) is 4.56. The second-order valence-corrected chi connectivity index (χ2v) is 7.72. The van der Waals surface area contributed by atoms with Crippen molar-refractivity contribution in [3.05, 3.63) is 0 Å². The summed E-state index contributed by atoms with van der Waals surface area (Å²) in [5.41, 5.74) is 0.125. The lowest BCUT2D eigenvalue weighted by Crippen LogP contribution is -2.43. The van der Waals surface area contributed by atoms with E-state index in [4.69, 9.17) is 0 Å². The van der Waals surface area contributed by atoms with Crippen molar-refractivity contribution in [1.82, 2.24) is 9.80 Å². The van der Waals surface area contributed by atoms with Gasteiger partial charge >= 0.3 is 0 Å². The highest BCUT2D eigenvalue weighted by atomic mass is 16.2. The Labute approximate surface area is 128 Å². The summed E-state index contributed by atoms with van der Waals surface area (Å²) < 4.78 is 0. The Bertz CT molecular complexity index is 406. The Hall–Kier alpha value is -1.06. The molecule has 4 heteroatoms. The highest BCUT2D eigenvalue weighted by Gasteiger charge is 2.35. The van der Waals surface area contributed by atoms with Crippen molar-refractivity contribution in [1.29, 1.82) is 0 Å². The minimum absolute atomic E-state index is 0.125. The largest absolute Gasteiger partial charge is 0.346 e. The smallest absolute Gasteiger partial charge is 0.222 e. The van der Waals surface area contributed by atoms with Gasteiger partial charge < -0.3 is 9.80 Å². The maximum atomic E-state index is 12.1. The summed E-state index contributed by atoms with van der Waals surface area (Å²) in [7, 11) is 1.89. The van der Waals surface area contributed by atoms with E-state index in [1.165, 1.54) is 0 Å². The van der Waals surface area contributed by atoms with Gasteiger partial charge in [-0.25, -0.2) is 0 Å². The molecule has 0 bridgehead atoms. The summed E-state index contributed by atoms with van der Waals surface area (Å²) in [5, 5.41) is 0. The van der Waals surface area contributed by atoms with E-state index in [1.54, 1.807) is 0 Å². The quantitative estimate of drug-likeness (QED) is 0.799. The van der Waals surface area contributed by atoms with Crippen molar-refractivity contribution >= 4 is 11.8 Å². The van der Waals surface area contributed by atoms with E-state index >= 15 is 0 Å². The first kappa shape index (κ1) is 16.3. The topological polar surface area (TPSA) is 40.6 Å². The van der Waals surface area contributed by atoms with Crippen molar-refractivity contribution in [3.8, 4) is 0 Å². The Morgan fingerprint density at radius 3 is 2.43 bits per heavy atom. The normalized spacial score (nSPS) is 28.2. The number of carbonyl (C=O) groups excluding carboxylic acids is 2. The van der Waals surface area contributed by atoms with Crippen LogP contribution in [0.5, 0.6) is 0 Å². The molecule has 2 saturated heterocycles. The van der Waals surface area contributed by atoms with Gasteiger partial charge in [0.2, 0.25) is 11.8 Å². The molecule has 2 unspecified atom stereocenters. The Balaban J connectivity index is 1.86. The fourth-order valence-corrected chi connectivity index (χ4v) is 3.50. The first-order chi connectivity index (χ1) is 9.79. The lowest BCUT2D eigenvalue weighted by molar-refractivity contribution is -0.137. The molecule has 0 aromatic heterocycles. The van der Waals surface area contributed by atoms with E-state index in [-0.39, 0.29) is 11.3 Å². The highest BCUT2D eigenvalue weighted by Crippen LogP contribution is 2.38. The molecule has 2 aliphatic heterocycles. The maximum Gasteiger partial charge on any atom is 0.222 e. The molecule has 2 atom stereocenters. The second-order valence-electron chi connectivity index (χ2n) is 7.72. The van der Waals surface area contributed by atoms with E-state index in [2.05, 4.69) is 20.8 Å². The zero-order chi connectivity index (χ0) is 15.6. The van der Waals surface area contributed by atoms with Crippen molar-refractivity contribution in [3.63, 3.8) is 0 Å². The first-order valence-corrected chi connectivity index (χ1v) is 8.31. The van der Waals surface area contributed by atoms with Gasteiger partial charge in [0, 0.05) is 39.5 Å². The molecule has 0 radical (unpaired) electrons. The van der Waals surface area contributed by atoms with Crippen LogP contribution in [0.1, 0.15) is 52.9 Å². The highest BCUT2D eigenvalue weighted by molar-refractivity contribution is 5.77. The van der Waals surface area contributed by atoms with Crippen LogP contribution in [-0.2, 0) is 9.59 Å². The van der Waals surface area contributed by atoms with Crippen molar-refractivity contribution in [2.24, 2.45) is 17.3 Å². The van der Waals surface area contributed by atoms with E-state index in [9.17, 15) is 9.59 Å². The number of nitrogens with zero attached hydrogens (tertiary/aromatic N) is 2. The number of amides is 2. The Morgan fingerprint density at radius 1 is 1.10 bits per heavy atom. The third-order valence-corrected chi connectivity index (χ3v) is 5.56. The lowest BCUT2D eigenvalue weighted by Gasteiger charge is -2.41. The fourth-order valence-electron chi connectivity index (χ4n) is 3.50. The predicted octanol–water partition coefficient (Wildman–Crippen LogP) is 2.53. The molecule has 0 spiro atoms. The predicted molar refractivity (Wildman–Crippen MR) is 83.7 cm³/mol. The number of carbonyl (C=O) groups is 2. The standard InChI is InChI=1S/C17H30N2O2/c1-13-5-9-19(16(21)11-13)10-7-17(2,3)14-6-8-18(4)15(20)12-14/h13-14H,5-12H2,1-4H3. The molecular weight excluding hydrogens is 264 g/mol. The van der Waals surface area contributed by atoms with E-state index in [0.29, 0.717) is 30.6 Å². The summed E-state index contributed by atoms with van der Waals surface area (Å²) in [6.45, 7) is 9.29. The zero-order valence-corrected chi connectivity index (χ0v) is 14.0. The van der Waals surface area contributed by atoms with Gasteiger partial charge in [-0.1, -0.05) is 20.8 Å². The van der Waals surface area contributed by atoms with Crippen molar-refractivity contribution in [2.75, 3.05) is 26.7 Å². The van der Waals surface area contributed by atoms with Crippen LogP contribution in [-0.4, -0.2) is 48.3 Å². The fraction of sp³-hybridized carbons (Fsp3) is 0.882. The minimum Gasteiger partial charge on any atom is -0.346 e. The number of piperidine rings is 2. The average Bonchev–Trinajstić information content (AvgIpc) is 2.40. The molecule has 21 heavy (non-hydrogen) atoms. The van der Waals surface area contributed by atoms with Crippen LogP contribution < -0.4 is 0 Å². The van der Waals surface area contributed by atoms with E-state index in [1.807, 2.05) is 16.8 Å². The molecule has 2 fully saturated rings. The Kier molecular flexibility index (Phi) is 4.95. The first-order valence-electron chi connectivity index (χ1n) is 8.31. The third kappa shape index (κ3) is 3.98. The van der Waals surface area contributed by atoms with Crippen molar-refractivity contribution in [2.45, 2.75) is 52.9 Å². The summed E-state index contributed by atoms with van der Waals surface area (Å²) in [4.78, 5) is 27.8. The van der Waals surface area contributed by atoms with Gasteiger partial charge in [0.25, 0.3) is 0 Å². The van der Waals surface area contributed by atoms with Gasteiger partial charge in [0.05, 0.1) is 0 Å². The van der Waals surface area contributed by atoms with Gasteiger partial charge in [0.1, 0.15) is 0 Å². The molecule has 2 amide bonds. The summed E-state index contributed by atoms with van der Waals surface area (Å²) >= 11 is 0. The van der Waals surface area contributed by atoms with Gasteiger partial charge in [0.15, 0.2) is 0 Å². The number of hydrogen-bond acceptors (Lipinski definition) is 2. The summed E-state index contributed by atoms with van der Waals surface area (Å²) in [5.74, 6) is 1.56. The van der Waals surface area contributed by atoms with Gasteiger partial charge in [-0.15, -0.1) is 0 Å². The molecule has 2 rings (SSSR count). The van der Waals surface area contributed by atoms with E-state index in [0.717, 1.165) is 38.9 Å². The Morgan fingerprint density at radius 2 is 1.81 bits per heavy atom. The molecule has 0 aromatic rings. The third-order valence-electron chi connectivity index (χ3n) is 5.56. The number of likely N-dealkylation sites (tertiary alicyclic amines) is 2. The molecule has 0 saturated carbocycles. The van der Waals surface area contributed by atoms with Crippen molar-refractivity contribution < 1.29 is 9.59 Å². The lowest BCUT2D eigenvalue weighted by atomic mass is 9.71. The van der Waals surface area contributed by atoms with Crippen LogP contribution in [0.3, 0.4) is 0 Å². The molecule has 120 valence electrons. The molecule has 0 aromatic carbocycles. The van der Waals surface area contributed by atoms with Crippen LogP contribution in [0.4, 0.5) is 0 Å². The zero-order valence-electron chi connectivity index (χ0n) is 14.0. The average molecular weight is 294 g/mol. The number of hydrogen-bond donors (Lipinski definition) is 0. The number of rotatable bonds is 4. The van der Waals surface area contributed by atoms with Crippen LogP contribution >= 0.6 is 0 Å². The SMILES string of the molecule is CC1CCN(CCC(C)(C)C2CCN(C)C(=O)C2)C(=O)C1. The molecular formula is C17H30N2O2. The maximum absolute atomic E-state index is 12.1. The molecule has 2 heterocycles. The monoisotopic (exact) mass is 294 g/mol. The molecule has 4 nitrogen and oxygen atoms in total. The molecule has 0 aliphatic carbocycles. The van der Waals surface area contributed by atoms with Crippen LogP contribution in [0, 0.1) is 17.3 Å². The van der Waals surface area contributed by atoms with E-state index < -0.39 is 0 Å².